The Bertz CT molecular complexity index is 973. The lowest BCUT2D eigenvalue weighted by molar-refractivity contribution is -0.124. The zero-order chi connectivity index (χ0) is 21.3. The first-order valence-electron chi connectivity index (χ1n) is 10.3. The molecular weight excluding hydrogens is 388 g/mol. The average molecular weight is 413 g/mol. The van der Waals surface area contributed by atoms with Crippen molar-refractivity contribution in [1.29, 1.82) is 0 Å². The quantitative estimate of drug-likeness (QED) is 0.753. The van der Waals surface area contributed by atoms with Crippen LogP contribution in [-0.2, 0) is 10.3 Å². The summed E-state index contributed by atoms with van der Waals surface area (Å²) < 4.78 is 27.2. The predicted octanol–water partition coefficient (Wildman–Crippen LogP) is 4.85. The molecule has 0 bridgehead atoms. The largest absolute Gasteiger partial charge is 0.348 e. The molecule has 1 fully saturated rings. The fraction of sp³-hybridized carbons (Fsp3) is 0.391. The van der Waals surface area contributed by atoms with E-state index in [1.54, 1.807) is 11.8 Å². The Balaban J connectivity index is 1.56. The first kappa shape index (κ1) is 20.3. The number of benzene rings is 2. The molecule has 2 aliphatic rings. The van der Waals surface area contributed by atoms with Crippen LogP contribution in [-0.4, -0.2) is 23.4 Å². The maximum absolute atomic E-state index is 14.1. The number of nitrogens with one attached hydrogen (secondary N) is 2. The van der Waals surface area contributed by atoms with Gasteiger partial charge >= 0.3 is 6.03 Å². The van der Waals surface area contributed by atoms with E-state index in [1.807, 2.05) is 24.3 Å². The molecule has 2 aromatic carbocycles. The van der Waals surface area contributed by atoms with Crippen LogP contribution in [0, 0.1) is 11.6 Å². The molecule has 1 saturated carbocycles. The Labute approximate surface area is 174 Å². The normalized spacial score (nSPS) is 18.5. The molecule has 0 saturated heterocycles. The molecule has 158 valence electrons. The molecule has 3 amide bonds. The van der Waals surface area contributed by atoms with Crippen molar-refractivity contribution in [2.45, 2.75) is 50.6 Å². The Hall–Kier alpha value is -2.96. The minimum atomic E-state index is -0.712. The molecule has 5 nitrogen and oxygen atoms in total. The van der Waals surface area contributed by atoms with Crippen molar-refractivity contribution >= 4 is 17.6 Å². The zero-order valence-corrected chi connectivity index (χ0v) is 16.9. The molecule has 2 N–H and O–H groups in total. The molecule has 0 aromatic heterocycles. The third kappa shape index (κ3) is 3.64. The predicted molar refractivity (Wildman–Crippen MR) is 110 cm³/mol. The van der Waals surface area contributed by atoms with Gasteiger partial charge in [-0.1, -0.05) is 43.5 Å². The molecule has 7 heteroatoms. The van der Waals surface area contributed by atoms with E-state index < -0.39 is 23.2 Å². The maximum Gasteiger partial charge on any atom is 0.323 e. The van der Waals surface area contributed by atoms with Gasteiger partial charge in [0.1, 0.15) is 18.2 Å². The third-order valence-corrected chi connectivity index (χ3v) is 6.22. The highest BCUT2D eigenvalue weighted by atomic mass is 19.1. The summed E-state index contributed by atoms with van der Waals surface area (Å²) >= 11 is 0. The highest BCUT2D eigenvalue weighted by Gasteiger charge is 2.47. The molecule has 0 radical (unpaired) electrons. The van der Waals surface area contributed by atoms with E-state index in [-0.39, 0.29) is 24.0 Å². The van der Waals surface area contributed by atoms with Gasteiger partial charge in [-0.2, -0.15) is 0 Å². The first-order valence-corrected chi connectivity index (χ1v) is 10.3. The third-order valence-electron chi connectivity index (χ3n) is 6.22. The standard InChI is InChI=1S/C23H25F2N3O2/c1-15(17-10-9-16(24)13-19(17)25)26-21(29)14-28-22(30)27-20-8-4-3-7-18(20)23(28)11-5-2-6-12-23/h3-4,7-10,13,15H,2,5-6,11-12,14H2,1H3,(H,26,29)(H,27,30)/t15-/m0/s1. The summed E-state index contributed by atoms with van der Waals surface area (Å²) in [4.78, 5) is 27.4. The van der Waals surface area contributed by atoms with Crippen molar-refractivity contribution < 1.29 is 18.4 Å². The summed E-state index contributed by atoms with van der Waals surface area (Å²) in [5.41, 5.74) is 1.52. The number of hydrogen-bond acceptors (Lipinski definition) is 2. The number of carbonyl (C=O) groups is 2. The van der Waals surface area contributed by atoms with E-state index in [9.17, 15) is 18.4 Å². The van der Waals surface area contributed by atoms with Crippen molar-refractivity contribution in [2.24, 2.45) is 0 Å². The smallest absolute Gasteiger partial charge is 0.323 e. The topological polar surface area (TPSA) is 61.4 Å². The number of rotatable bonds is 4. The van der Waals surface area contributed by atoms with Gasteiger partial charge in [-0.05, 0) is 31.9 Å². The summed E-state index contributed by atoms with van der Waals surface area (Å²) in [5, 5.41) is 5.64. The number of hydrogen-bond donors (Lipinski definition) is 2. The van der Waals surface area contributed by atoms with E-state index >= 15 is 0 Å². The molecule has 1 aliphatic carbocycles. The monoisotopic (exact) mass is 413 g/mol. The van der Waals surface area contributed by atoms with Gasteiger partial charge in [-0.25, -0.2) is 13.6 Å². The van der Waals surface area contributed by atoms with Gasteiger partial charge in [0.15, 0.2) is 0 Å². The minimum absolute atomic E-state index is 0.132. The second-order valence-corrected chi connectivity index (χ2v) is 8.11. The van der Waals surface area contributed by atoms with Gasteiger partial charge in [0.2, 0.25) is 5.91 Å². The van der Waals surface area contributed by atoms with Crippen LogP contribution in [0.3, 0.4) is 0 Å². The first-order chi connectivity index (χ1) is 14.4. The summed E-state index contributed by atoms with van der Waals surface area (Å²) in [7, 11) is 0. The molecule has 1 heterocycles. The fourth-order valence-electron chi connectivity index (χ4n) is 4.78. The lowest BCUT2D eigenvalue weighted by Gasteiger charge is -2.50. The number of carbonyl (C=O) groups excluding carboxylic acids is 2. The van der Waals surface area contributed by atoms with Gasteiger partial charge in [0, 0.05) is 22.9 Å². The van der Waals surface area contributed by atoms with Crippen LogP contribution in [0.4, 0.5) is 19.3 Å². The highest BCUT2D eigenvalue weighted by Crippen LogP contribution is 2.47. The highest BCUT2D eigenvalue weighted by molar-refractivity contribution is 5.96. The van der Waals surface area contributed by atoms with Gasteiger partial charge in [0.05, 0.1) is 11.6 Å². The van der Waals surface area contributed by atoms with Crippen LogP contribution in [0.1, 0.15) is 56.2 Å². The van der Waals surface area contributed by atoms with Crippen LogP contribution < -0.4 is 10.6 Å². The van der Waals surface area contributed by atoms with Crippen molar-refractivity contribution in [2.75, 3.05) is 11.9 Å². The van der Waals surface area contributed by atoms with Crippen molar-refractivity contribution in [3.8, 4) is 0 Å². The zero-order valence-electron chi connectivity index (χ0n) is 16.9. The summed E-state index contributed by atoms with van der Waals surface area (Å²) in [6, 6.07) is 10.1. The van der Waals surface area contributed by atoms with Crippen molar-refractivity contribution in [3.05, 3.63) is 65.2 Å². The molecule has 4 rings (SSSR count). The molecule has 1 spiro atoms. The van der Waals surface area contributed by atoms with Crippen molar-refractivity contribution in [1.82, 2.24) is 10.2 Å². The van der Waals surface area contributed by atoms with Crippen LogP contribution in [0.5, 0.6) is 0 Å². The van der Waals surface area contributed by atoms with E-state index in [4.69, 9.17) is 0 Å². The lowest BCUT2D eigenvalue weighted by Crippen LogP contribution is -2.58. The Kier molecular flexibility index (Phi) is 5.45. The Morgan fingerprint density at radius 3 is 2.63 bits per heavy atom. The number of fused-ring (bicyclic) bond motifs is 2. The molecule has 30 heavy (non-hydrogen) atoms. The van der Waals surface area contributed by atoms with E-state index in [1.165, 1.54) is 6.07 Å². The number of amides is 3. The van der Waals surface area contributed by atoms with Crippen LogP contribution in [0.25, 0.3) is 0 Å². The van der Waals surface area contributed by atoms with Crippen LogP contribution in [0.15, 0.2) is 42.5 Å². The Morgan fingerprint density at radius 1 is 1.17 bits per heavy atom. The van der Waals surface area contributed by atoms with Crippen molar-refractivity contribution in [3.63, 3.8) is 0 Å². The molecule has 1 aliphatic heterocycles. The maximum atomic E-state index is 14.1. The molecule has 1 atom stereocenters. The SMILES string of the molecule is C[C@H](NC(=O)CN1C(=O)Nc2ccccc2C12CCCCC2)c1ccc(F)cc1F. The summed E-state index contributed by atoms with van der Waals surface area (Å²) in [5.74, 6) is -1.76. The number of halogens is 2. The number of anilines is 1. The Morgan fingerprint density at radius 2 is 1.90 bits per heavy atom. The van der Waals surface area contributed by atoms with E-state index in [0.717, 1.165) is 55.5 Å². The van der Waals surface area contributed by atoms with Gasteiger partial charge in [-0.3, -0.25) is 4.79 Å². The van der Waals surface area contributed by atoms with Crippen LogP contribution in [0.2, 0.25) is 0 Å². The molecule has 2 aromatic rings. The number of para-hydroxylation sites is 1. The number of urea groups is 1. The lowest BCUT2D eigenvalue weighted by atomic mass is 9.73. The average Bonchev–Trinajstić information content (AvgIpc) is 2.72. The second-order valence-electron chi connectivity index (χ2n) is 8.11. The van der Waals surface area contributed by atoms with Crippen LogP contribution >= 0.6 is 0 Å². The number of nitrogens with zero attached hydrogens (tertiary/aromatic N) is 1. The summed E-state index contributed by atoms with van der Waals surface area (Å²) in [6.07, 6.45) is 4.67. The second kappa shape index (κ2) is 8.05. The summed E-state index contributed by atoms with van der Waals surface area (Å²) in [6.45, 7) is 1.50. The van der Waals surface area contributed by atoms with E-state index in [0.29, 0.717) is 0 Å². The van der Waals surface area contributed by atoms with Gasteiger partial charge < -0.3 is 15.5 Å². The fourth-order valence-corrected chi connectivity index (χ4v) is 4.78. The van der Waals surface area contributed by atoms with Gasteiger partial charge in [0.25, 0.3) is 0 Å². The van der Waals surface area contributed by atoms with E-state index in [2.05, 4.69) is 10.6 Å². The minimum Gasteiger partial charge on any atom is -0.348 e. The molecular formula is C23H25F2N3O2. The molecule has 0 unspecified atom stereocenters. The van der Waals surface area contributed by atoms with Gasteiger partial charge in [-0.15, -0.1) is 0 Å².